The van der Waals surface area contributed by atoms with E-state index in [-0.39, 0.29) is 0 Å². The van der Waals surface area contributed by atoms with E-state index in [4.69, 9.17) is 5.84 Å². The van der Waals surface area contributed by atoms with Crippen molar-refractivity contribution in [2.75, 3.05) is 23.0 Å². The molecule has 1 aliphatic heterocycles. The largest absolute Gasteiger partial charge is 0.366 e. The number of fused-ring (bicyclic) bond motifs is 1. The lowest BCUT2D eigenvalue weighted by atomic mass is 10.2. The van der Waals surface area contributed by atoms with Gasteiger partial charge in [0.05, 0.1) is 6.20 Å². The highest BCUT2D eigenvalue weighted by Crippen LogP contribution is 2.26. The molecule has 6 nitrogen and oxygen atoms in total. The van der Waals surface area contributed by atoms with Crippen molar-refractivity contribution in [3.8, 4) is 0 Å². The van der Waals surface area contributed by atoms with Crippen LogP contribution < -0.4 is 16.6 Å². The van der Waals surface area contributed by atoms with Gasteiger partial charge in [-0.2, -0.15) is 11.8 Å². The zero-order valence-electron chi connectivity index (χ0n) is 9.97. The molecule has 0 amide bonds. The van der Waals surface area contributed by atoms with Gasteiger partial charge in [-0.3, -0.25) is 0 Å². The minimum atomic E-state index is 0.627. The molecule has 0 bridgehead atoms. The number of hydrogen-bond donors (Lipinski definition) is 3. The van der Waals surface area contributed by atoms with Crippen LogP contribution in [0.4, 0.5) is 11.6 Å². The Morgan fingerprint density at radius 1 is 1.56 bits per heavy atom. The van der Waals surface area contributed by atoms with Crippen molar-refractivity contribution < 1.29 is 0 Å². The predicted molar refractivity (Wildman–Crippen MR) is 74.8 cm³/mol. The first-order valence-corrected chi connectivity index (χ1v) is 7.07. The molecule has 4 N–H and O–H groups in total. The number of aromatic nitrogens is 3. The van der Waals surface area contributed by atoms with E-state index in [9.17, 15) is 0 Å². The van der Waals surface area contributed by atoms with E-state index < -0.39 is 0 Å². The number of thioether (sulfide) groups is 1. The number of nitrogens with two attached hydrogens (primary N) is 1. The fourth-order valence-corrected chi connectivity index (χ4v) is 3.34. The summed E-state index contributed by atoms with van der Waals surface area (Å²) < 4.78 is 1.91. The molecule has 1 fully saturated rings. The molecule has 7 heteroatoms. The fraction of sp³-hybridized carbons (Fsp3) is 0.455. The SMILES string of the molecule is NNc1cn2ccnc2c(NCC2CCCS2)n1. The Bertz CT molecular complexity index is 533. The van der Waals surface area contributed by atoms with Crippen molar-refractivity contribution in [2.24, 2.45) is 5.84 Å². The van der Waals surface area contributed by atoms with Gasteiger partial charge in [-0.25, -0.2) is 15.8 Å². The molecule has 0 radical (unpaired) electrons. The molecule has 0 aromatic carbocycles. The number of imidazole rings is 1. The quantitative estimate of drug-likeness (QED) is 0.571. The molecule has 3 rings (SSSR count). The second-order valence-corrected chi connectivity index (χ2v) is 5.70. The van der Waals surface area contributed by atoms with E-state index in [1.165, 1.54) is 18.6 Å². The molecule has 2 aromatic heterocycles. The van der Waals surface area contributed by atoms with Gasteiger partial charge in [0.25, 0.3) is 0 Å². The molecule has 0 saturated carbocycles. The summed E-state index contributed by atoms with van der Waals surface area (Å²) in [5.41, 5.74) is 3.40. The van der Waals surface area contributed by atoms with E-state index in [1.54, 1.807) is 6.20 Å². The molecule has 3 heterocycles. The van der Waals surface area contributed by atoms with Crippen LogP contribution in [0.25, 0.3) is 5.65 Å². The van der Waals surface area contributed by atoms with Crippen LogP contribution in [0.2, 0.25) is 0 Å². The standard InChI is InChI=1S/C11H16N6S/c12-16-9-7-17-4-3-13-11(17)10(15-9)14-6-8-2-1-5-18-8/h3-4,7-8,16H,1-2,5-6,12H2,(H,14,15). The van der Waals surface area contributed by atoms with Crippen LogP contribution in [-0.2, 0) is 0 Å². The summed E-state index contributed by atoms with van der Waals surface area (Å²) in [6, 6.07) is 0. The number of hydrogen-bond acceptors (Lipinski definition) is 6. The Hall–Kier alpha value is -1.47. The number of nitrogens with zero attached hydrogens (tertiary/aromatic N) is 3. The average Bonchev–Trinajstić information content (AvgIpc) is 3.06. The van der Waals surface area contributed by atoms with Crippen molar-refractivity contribution in [1.29, 1.82) is 0 Å². The van der Waals surface area contributed by atoms with Gasteiger partial charge in [0.1, 0.15) is 0 Å². The molecule has 0 aliphatic carbocycles. The number of nitrogens with one attached hydrogen (secondary N) is 2. The zero-order valence-corrected chi connectivity index (χ0v) is 10.8. The summed E-state index contributed by atoms with van der Waals surface area (Å²) in [7, 11) is 0. The molecule has 96 valence electrons. The predicted octanol–water partition coefficient (Wildman–Crippen LogP) is 1.32. The van der Waals surface area contributed by atoms with Crippen LogP contribution in [0, 0.1) is 0 Å². The Kier molecular flexibility index (Phi) is 3.24. The third-order valence-corrected chi connectivity index (χ3v) is 4.44. The Balaban J connectivity index is 1.82. The van der Waals surface area contributed by atoms with Crippen molar-refractivity contribution in [3.63, 3.8) is 0 Å². The number of rotatable bonds is 4. The lowest BCUT2D eigenvalue weighted by Crippen LogP contribution is -2.17. The normalized spacial score (nSPS) is 19.3. The summed E-state index contributed by atoms with van der Waals surface area (Å²) in [4.78, 5) is 8.71. The molecule has 1 atom stereocenters. The number of anilines is 2. The Morgan fingerprint density at radius 3 is 3.28 bits per heavy atom. The van der Waals surface area contributed by atoms with E-state index in [0.717, 1.165) is 18.0 Å². The van der Waals surface area contributed by atoms with Crippen molar-refractivity contribution in [3.05, 3.63) is 18.6 Å². The van der Waals surface area contributed by atoms with Gasteiger partial charge < -0.3 is 15.1 Å². The first-order valence-electron chi connectivity index (χ1n) is 6.02. The third-order valence-electron chi connectivity index (χ3n) is 3.04. The van der Waals surface area contributed by atoms with Crippen LogP contribution >= 0.6 is 11.8 Å². The second-order valence-electron chi connectivity index (χ2n) is 4.29. The van der Waals surface area contributed by atoms with Crippen molar-refractivity contribution >= 4 is 29.0 Å². The van der Waals surface area contributed by atoms with E-state index in [0.29, 0.717) is 11.1 Å². The molecule has 1 aliphatic rings. The van der Waals surface area contributed by atoms with Gasteiger partial charge in [0.15, 0.2) is 17.3 Å². The smallest absolute Gasteiger partial charge is 0.180 e. The van der Waals surface area contributed by atoms with Crippen LogP contribution in [0.3, 0.4) is 0 Å². The van der Waals surface area contributed by atoms with E-state index >= 15 is 0 Å². The first-order chi connectivity index (χ1) is 8.86. The molecule has 2 aromatic rings. The minimum Gasteiger partial charge on any atom is -0.366 e. The highest BCUT2D eigenvalue weighted by Gasteiger charge is 2.16. The summed E-state index contributed by atoms with van der Waals surface area (Å²) in [5, 5.41) is 4.06. The molecule has 1 saturated heterocycles. The third kappa shape index (κ3) is 2.23. The maximum Gasteiger partial charge on any atom is 0.180 e. The van der Waals surface area contributed by atoms with Gasteiger partial charge >= 0.3 is 0 Å². The molecule has 0 spiro atoms. The molecule has 18 heavy (non-hydrogen) atoms. The van der Waals surface area contributed by atoms with E-state index in [1.807, 2.05) is 28.6 Å². The summed E-state index contributed by atoms with van der Waals surface area (Å²) in [6.45, 7) is 0.925. The maximum atomic E-state index is 5.42. The summed E-state index contributed by atoms with van der Waals surface area (Å²) >= 11 is 2.02. The molecular formula is C11H16N6S. The first kappa shape index (κ1) is 11.6. The van der Waals surface area contributed by atoms with Crippen LogP contribution in [-0.4, -0.2) is 31.9 Å². The second kappa shape index (κ2) is 5.03. The number of nitrogen functional groups attached to an aromatic ring is 1. The lowest BCUT2D eigenvalue weighted by molar-refractivity contribution is 0.803. The van der Waals surface area contributed by atoms with Gasteiger partial charge in [-0.1, -0.05) is 0 Å². The van der Waals surface area contributed by atoms with Crippen molar-refractivity contribution in [1.82, 2.24) is 14.4 Å². The van der Waals surface area contributed by atoms with Gasteiger partial charge in [0, 0.05) is 24.2 Å². The maximum absolute atomic E-state index is 5.42. The average molecular weight is 264 g/mol. The monoisotopic (exact) mass is 264 g/mol. The summed E-state index contributed by atoms with van der Waals surface area (Å²) in [5.74, 6) is 8.09. The Morgan fingerprint density at radius 2 is 2.50 bits per heavy atom. The van der Waals surface area contributed by atoms with Gasteiger partial charge in [-0.05, 0) is 18.6 Å². The topological polar surface area (TPSA) is 80.3 Å². The number of hydrazine groups is 1. The van der Waals surface area contributed by atoms with Gasteiger partial charge in [-0.15, -0.1) is 0 Å². The highest BCUT2D eigenvalue weighted by molar-refractivity contribution is 8.00. The Labute approximate surface area is 109 Å². The van der Waals surface area contributed by atoms with Gasteiger partial charge in [0.2, 0.25) is 0 Å². The summed E-state index contributed by atoms with van der Waals surface area (Å²) in [6.07, 6.45) is 8.04. The van der Waals surface area contributed by atoms with Crippen molar-refractivity contribution in [2.45, 2.75) is 18.1 Å². The van der Waals surface area contributed by atoms with E-state index in [2.05, 4.69) is 20.7 Å². The minimum absolute atomic E-state index is 0.627. The lowest BCUT2D eigenvalue weighted by Gasteiger charge is -2.12. The van der Waals surface area contributed by atoms with Crippen LogP contribution in [0.15, 0.2) is 18.6 Å². The fourth-order valence-electron chi connectivity index (χ4n) is 2.14. The molecule has 1 unspecified atom stereocenters. The highest BCUT2D eigenvalue weighted by atomic mass is 32.2. The molecular weight excluding hydrogens is 248 g/mol. The van der Waals surface area contributed by atoms with Crippen LogP contribution in [0.1, 0.15) is 12.8 Å². The zero-order chi connectivity index (χ0) is 12.4. The van der Waals surface area contributed by atoms with Crippen LogP contribution in [0.5, 0.6) is 0 Å².